The fourth-order valence-electron chi connectivity index (χ4n) is 6.02. The van der Waals surface area contributed by atoms with Crippen LogP contribution in [0.15, 0.2) is 18.3 Å². The van der Waals surface area contributed by atoms with Crippen molar-refractivity contribution in [2.45, 2.75) is 63.4 Å². The summed E-state index contributed by atoms with van der Waals surface area (Å²) in [6, 6.07) is 3.86. The lowest BCUT2D eigenvalue weighted by atomic mass is 10.0. The number of rotatable bonds is 5. The number of hydrogen-bond donors (Lipinski definition) is 1. The van der Waals surface area contributed by atoms with Crippen molar-refractivity contribution >= 4 is 5.82 Å². The topological polar surface area (TPSA) is 69.2 Å². The molecule has 174 valence electrons. The lowest BCUT2D eigenvalue weighted by Gasteiger charge is -2.26. The highest BCUT2D eigenvalue weighted by atomic mass is 19.4. The molecule has 2 aromatic rings. The van der Waals surface area contributed by atoms with E-state index in [2.05, 4.69) is 15.0 Å². The number of methoxy groups -OCH3 is 1. The second-order valence-corrected chi connectivity index (χ2v) is 9.73. The molecule has 2 aliphatic carbocycles. The van der Waals surface area contributed by atoms with Crippen molar-refractivity contribution in [3.8, 4) is 11.3 Å². The summed E-state index contributed by atoms with van der Waals surface area (Å²) < 4.78 is 48.5. The Labute approximate surface area is 185 Å². The average molecular weight is 450 g/mol. The van der Waals surface area contributed by atoms with Crippen molar-refractivity contribution in [1.82, 2.24) is 19.7 Å². The zero-order valence-electron chi connectivity index (χ0n) is 18.6. The van der Waals surface area contributed by atoms with E-state index in [1.807, 2.05) is 24.6 Å². The van der Waals surface area contributed by atoms with Gasteiger partial charge in [-0.1, -0.05) is 0 Å². The first-order valence-corrected chi connectivity index (χ1v) is 11.4. The third-order valence-corrected chi connectivity index (χ3v) is 7.58. The van der Waals surface area contributed by atoms with Crippen LogP contribution in [0.4, 0.5) is 19.0 Å². The molecule has 2 saturated carbocycles. The van der Waals surface area contributed by atoms with Crippen LogP contribution in [0.3, 0.4) is 0 Å². The first-order chi connectivity index (χ1) is 15.2. The molecule has 2 N–H and O–H groups in total. The average Bonchev–Trinajstić information content (AvgIpc) is 3.21. The Morgan fingerprint density at radius 3 is 2.53 bits per heavy atom. The van der Waals surface area contributed by atoms with Crippen LogP contribution in [0.2, 0.25) is 0 Å². The van der Waals surface area contributed by atoms with Crippen LogP contribution < -0.4 is 5.73 Å². The summed E-state index contributed by atoms with van der Waals surface area (Å²) in [6.45, 7) is 6.12. The van der Waals surface area contributed by atoms with Crippen molar-refractivity contribution in [2.24, 2.45) is 11.8 Å². The first kappa shape index (κ1) is 21.7. The lowest BCUT2D eigenvalue weighted by molar-refractivity contribution is -0.136. The SMILES string of the molecule is CO[C@H]1CCN([C@H]2C[C@@H]3[C@H](C2)[C@H]3c2cc(-c3ccnc(N)c3C(F)(F)F)nn2C(C)C)C1. The van der Waals surface area contributed by atoms with Crippen LogP contribution in [-0.2, 0) is 10.9 Å². The summed E-state index contributed by atoms with van der Waals surface area (Å²) in [5, 5.41) is 4.61. The molecule has 5 atom stereocenters. The zero-order valence-corrected chi connectivity index (χ0v) is 18.6. The largest absolute Gasteiger partial charge is 0.420 e. The molecule has 5 rings (SSSR count). The van der Waals surface area contributed by atoms with Crippen molar-refractivity contribution < 1.29 is 17.9 Å². The number of aromatic nitrogens is 3. The molecule has 0 aromatic carbocycles. The van der Waals surface area contributed by atoms with E-state index in [0.29, 0.717) is 35.6 Å². The number of hydrogen-bond acceptors (Lipinski definition) is 5. The fraction of sp³-hybridized carbons (Fsp3) is 0.652. The van der Waals surface area contributed by atoms with E-state index in [1.54, 1.807) is 7.11 Å². The van der Waals surface area contributed by atoms with Crippen LogP contribution in [-0.4, -0.2) is 52.0 Å². The molecule has 0 amide bonds. The smallest absolute Gasteiger partial charge is 0.383 e. The Morgan fingerprint density at radius 1 is 1.22 bits per heavy atom. The molecule has 3 fully saturated rings. The predicted molar refractivity (Wildman–Crippen MR) is 115 cm³/mol. The maximum Gasteiger partial charge on any atom is 0.420 e. The van der Waals surface area contributed by atoms with Crippen molar-refractivity contribution in [1.29, 1.82) is 0 Å². The molecule has 1 aliphatic heterocycles. The minimum atomic E-state index is -4.59. The van der Waals surface area contributed by atoms with Gasteiger partial charge < -0.3 is 10.5 Å². The van der Waals surface area contributed by atoms with Gasteiger partial charge in [0.25, 0.3) is 0 Å². The summed E-state index contributed by atoms with van der Waals surface area (Å²) in [4.78, 5) is 6.21. The number of ether oxygens (including phenoxy) is 1. The summed E-state index contributed by atoms with van der Waals surface area (Å²) in [5.41, 5.74) is 6.07. The number of fused-ring (bicyclic) bond motifs is 1. The number of nitrogens with two attached hydrogens (primary N) is 1. The van der Waals surface area contributed by atoms with Gasteiger partial charge >= 0.3 is 6.18 Å². The molecule has 3 aliphatic rings. The van der Waals surface area contributed by atoms with Gasteiger partial charge in [0.05, 0.1) is 11.8 Å². The Hall–Kier alpha value is -2.13. The molecular formula is C23H30F3N5O. The molecule has 0 unspecified atom stereocenters. The minimum absolute atomic E-state index is 0.00277. The molecule has 9 heteroatoms. The standard InChI is InChI=1S/C23H30F3N5O/c1-12(2)31-19(10-18(29-31)15-4-6-28-22(27)21(15)23(24,25)26)20-16-8-13(9-17(16)20)30-7-5-14(11-30)32-3/h4,6,10,12-14,16-17,20H,5,7-9,11H2,1-3H3,(H2,27,28)/t13-,14-,16+,17-,20-/m0/s1. The molecular weight excluding hydrogens is 419 g/mol. The van der Waals surface area contributed by atoms with Gasteiger partial charge in [-0.15, -0.1) is 0 Å². The molecule has 1 saturated heterocycles. The van der Waals surface area contributed by atoms with Gasteiger partial charge in [-0.3, -0.25) is 9.58 Å². The van der Waals surface area contributed by atoms with Crippen molar-refractivity contribution in [2.75, 3.05) is 25.9 Å². The number of nitrogens with zero attached hydrogens (tertiary/aromatic N) is 4. The van der Waals surface area contributed by atoms with Crippen LogP contribution in [0, 0.1) is 11.8 Å². The number of likely N-dealkylation sites (tertiary alicyclic amines) is 1. The van der Waals surface area contributed by atoms with Crippen LogP contribution >= 0.6 is 0 Å². The van der Waals surface area contributed by atoms with Crippen LogP contribution in [0.1, 0.15) is 56.3 Å². The third kappa shape index (κ3) is 3.59. The molecule has 6 nitrogen and oxygen atoms in total. The molecule has 0 spiro atoms. The Morgan fingerprint density at radius 2 is 1.94 bits per heavy atom. The monoisotopic (exact) mass is 449 g/mol. The van der Waals surface area contributed by atoms with Gasteiger partial charge in [0.1, 0.15) is 11.4 Å². The van der Waals surface area contributed by atoms with Gasteiger partial charge in [0.15, 0.2) is 0 Å². The molecule has 32 heavy (non-hydrogen) atoms. The molecule has 2 aromatic heterocycles. The van der Waals surface area contributed by atoms with E-state index in [-0.39, 0.29) is 11.6 Å². The lowest BCUT2D eigenvalue weighted by Crippen LogP contribution is -2.33. The van der Waals surface area contributed by atoms with Gasteiger partial charge in [0.2, 0.25) is 0 Å². The number of pyridine rings is 1. The van der Waals surface area contributed by atoms with Gasteiger partial charge in [0, 0.05) is 55.7 Å². The van der Waals surface area contributed by atoms with E-state index < -0.39 is 17.6 Å². The van der Waals surface area contributed by atoms with Gasteiger partial charge in [-0.25, -0.2) is 4.98 Å². The zero-order chi connectivity index (χ0) is 22.8. The normalized spacial score (nSPS) is 30.3. The summed E-state index contributed by atoms with van der Waals surface area (Å²) in [6.07, 6.45) is 0.429. The van der Waals surface area contributed by atoms with Crippen LogP contribution in [0.5, 0.6) is 0 Å². The van der Waals surface area contributed by atoms with Gasteiger partial charge in [-0.05, 0) is 57.1 Å². The molecule has 0 bridgehead atoms. The maximum absolute atomic E-state index is 13.7. The molecule has 3 heterocycles. The van der Waals surface area contributed by atoms with E-state index in [9.17, 15) is 13.2 Å². The maximum atomic E-state index is 13.7. The summed E-state index contributed by atoms with van der Waals surface area (Å²) in [7, 11) is 1.78. The highest BCUT2D eigenvalue weighted by Crippen LogP contribution is 2.64. The van der Waals surface area contributed by atoms with E-state index in [0.717, 1.165) is 38.0 Å². The fourth-order valence-corrected chi connectivity index (χ4v) is 6.02. The second-order valence-electron chi connectivity index (χ2n) is 9.73. The van der Waals surface area contributed by atoms with E-state index in [4.69, 9.17) is 10.5 Å². The van der Waals surface area contributed by atoms with Crippen molar-refractivity contribution in [3.05, 3.63) is 29.6 Å². The second kappa shape index (κ2) is 7.73. The number of halogens is 3. The van der Waals surface area contributed by atoms with Gasteiger partial charge in [-0.2, -0.15) is 18.3 Å². The highest BCUT2D eigenvalue weighted by molar-refractivity contribution is 5.70. The van der Waals surface area contributed by atoms with E-state index >= 15 is 0 Å². The van der Waals surface area contributed by atoms with E-state index in [1.165, 1.54) is 12.3 Å². The predicted octanol–water partition coefficient (Wildman–Crippen LogP) is 4.34. The summed E-state index contributed by atoms with van der Waals surface area (Å²) in [5.74, 6) is 1.01. The Kier molecular flexibility index (Phi) is 5.24. The van der Waals surface area contributed by atoms with Crippen LogP contribution in [0.25, 0.3) is 11.3 Å². The summed E-state index contributed by atoms with van der Waals surface area (Å²) >= 11 is 0. The van der Waals surface area contributed by atoms with Crippen molar-refractivity contribution in [3.63, 3.8) is 0 Å². The number of nitrogen functional groups attached to an aromatic ring is 1. The highest BCUT2D eigenvalue weighted by Gasteiger charge is 2.59. The minimum Gasteiger partial charge on any atom is -0.383 e. The first-order valence-electron chi connectivity index (χ1n) is 11.4. The third-order valence-electron chi connectivity index (χ3n) is 7.58. The Balaban J connectivity index is 1.40. The quantitative estimate of drug-likeness (QED) is 0.736. The Bertz CT molecular complexity index is 992. The number of anilines is 1. The molecule has 0 radical (unpaired) electrons. The number of alkyl halides is 3.